The summed E-state index contributed by atoms with van der Waals surface area (Å²) in [6, 6.07) is 14.5. The van der Waals surface area contributed by atoms with Crippen molar-refractivity contribution in [3.05, 3.63) is 48.0 Å². The Morgan fingerprint density at radius 1 is 0.933 bits per heavy atom. The van der Waals surface area contributed by atoms with E-state index in [0.29, 0.717) is 0 Å². The van der Waals surface area contributed by atoms with Crippen molar-refractivity contribution in [3.8, 4) is 0 Å². The molecule has 0 saturated carbocycles. The molecule has 0 fully saturated rings. The minimum absolute atomic E-state index is 0.839. The second-order valence-electron chi connectivity index (χ2n) is 3.89. The van der Waals surface area contributed by atoms with Crippen molar-refractivity contribution >= 4 is 22.7 Å². The largest absolute Gasteiger partial charge is 0.397 e. The van der Waals surface area contributed by atoms with Crippen LogP contribution in [0.5, 0.6) is 0 Å². The number of aryl methyl sites for hydroxylation is 1. The first-order chi connectivity index (χ1) is 7.27. The Kier molecular flexibility index (Phi) is 1.54. The third-order valence-corrected chi connectivity index (χ3v) is 2.74. The minimum atomic E-state index is 0.839. The summed E-state index contributed by atoms with van der Waals surface area (Å²) in [5.41, 5.74) is 11.6. The Balaban J connectivity index is 2.04. The molecule has 2 heteroatoms. The van der Waals surface area contributed by atoms with Gasteiger partial charge in [-0.2, -0.15) is 0 Å². The molecule has 0 saturated heterocycles. The summed E-state index contributed by atoms with van der Waals surface area (Å²) in [7, 11) is 0. The van der Waals surface area contributed by atoms with Gasteiger partial charge in [-0.1, -0.05) is 18.2 Å². The van der Waals surface area contributed by atoms with Gasteiger partial charge in [0.25, 0.3) is 0 Å². The van der Waals surface area contributed by atoms with E-state index in [1.807, 2.05) is 18.2 Å². The van der Waals surface area contributed by atoms with E-state index in [-0.39, 0.29) is 0 Å². The van der Waals surface area contributed by atoms with Gasteiger partial charge in [0.1, 0.15) is 0 Å². The number of nitrogens with two attached hydrogens (primary N) is 1. The minimum Gasteiger partial charge on any atom is -0.397 e. The summed E-state index contributed by atoms with van der Waals surface area (Å²) < 4.78 is 0. The van der Waals surface area contributed by atoms with Crippen molar-refractivity contribution in [1.29, 1.82) is 0 Å². The summed E-state index contributed by atoms with van der Waals surface area (Å²) in [5, 5.41) is 0. The quantitative estimate of drug-likeness (QED) is 0.477. The van der Waals surface area contributed by atoms with E-state index in [4.69, 9.17) is 5.73 Å². The second-order valence-corrected chi connectivity index (χ2v) is 3.89. The zero-order valence-corrected chi connectivity index (χ0v) is 8.57. The lowest BCUT2D eigenvalue weighted by atomic mass is 10.2. The molecule has 0 spiro atoms. The number of anilines is 4. The number of rotatable bonds is 1. The zero-order valence-electron chi connectivity index (χ0n) is 8.57. The maximum atomic E-state index is 6.00. The first-order valence-electron chi connectivity index (χ1n) is 5.02. The molecule has 0 radical (unpaired) electrons. The topological polar surface area (TPSA) is 29.0 Å². The van der Waals surface area contributed by atoms with Crippen LogP contribution in [-0.2, 0) is 0 Å². The molecule has 0 bridgehead atoms. The molecular formula is C13H12N2. The number of nitrogens with zero attached hydrogens (tertiary/aromatic N) is 1. The summed E-state index contributed by atoms with van der Waals surface area (Å²) in [6.45, 7) is 2.05. The van der Waals surface area contributed by atoms with Crippen LogP contribution < -0.4 is 10.6 Å². The van der Waals surface area contributed by atoms with E-state index in [9.17, 15) is 0 Å². The van der Waals surface area contributed by atoms with Crippen LogP contribution in [0.15, 0.2) is 42.5 Å². The number of benzene rings is 2. The first-order valence-corrected chi connectivity index (χ1v) is 5.02. The Hall–Kier alpha value is -1.96. The van der Waals surface area contributed by atoms with Crippen molar-refractivity contribution in [2.45, 2.75) is 6.92 Å². The fraction of sp³-hybridized carbons (Fsp3) is 0.0769. The lowest BCUT2D eigenvalue weighted by Crippen LogP contribution is -1.96. The highest BCUT2D eigenvalue weighted by atomic mass is 15.3. The SMILES string of the molecule is Cc1ccc(N2c3ccccc32)c(N)c1. The maximum Gasteiger partial charge on any atom is 0.0704 e. The number of hydrogen-bond acceptors (Lipinski definition) is 2. The molecule has 3 rings (SSSR count). The first kappa shape index (κ1) is 8.36. The fourth-order valence-corrected chi connectivity index (χ4v) is 1.94. The van der Waals surface area contributed by atoms with E-state index in [0.717, 1.165) is 11.4 Å². The van der Waals surface area contributed by atoms with Crippen LogP contribution in [0.25, 0.3) is 0 Å². The number of hydrogen-bond donors (Lipinski definition) is 1. The average molecular weight is 196 g/mol. The van der Waals surface area contributed by atoms with E-state index in [1.54, 1.807) is 0 Å². The second kappa shape index (κ2) is 2.76. The molecule has 0 amide bonds. The van der Waals surface area contributed by atoms with Gasteiger partial charge in [-0.25, -0.2) is 0 Å². The van der Waals surface area contributed by atoms with E-state index in [2.05, 4.69) is 36.1 Å². The van der Waals surface area contributed by atoms with Crippen molar-refractivity contribution in [1.82, 2.24) is 0 Å². The lowest BCUT2D eigenvalue weighted by Gasteiger charge is -2.07. The average Bonchev–Trinajstić information content (AvgIpc) is 2.92. The smallest absolute Gasteiger partial charge is 0.0704 e. The molecule has 15 heavy (non-hydrogen) atoms. The molecule has 2 aromatic carbocycles. The van der Waals surface area contributed by atoms with Gasteiger partial charge in [-0.3, -0.25) is 0 Å². The van der Waals surface area contributed by atoms with Crippen LogP contribution >= 0.6 is 0 Å². The normalized spacial score (nSPS) is 12.5. The van der Waals surface area contributed by atoms with Gasteiger partial charge in [0.2, 0.25) is 0 Å². The van der Waals surface area contributed by atoms with Crippen LogP contribution in [-0.4, -0.2) is 0 Å². The Labute approximate surface area is 88.9 Å². The molecular weight excluding hydrogens is 184 g/mol. The molecule has 1 aliphatic heterocycles. The summed E-state index contributed by atoms with van der Waals surface area (Å²) in [6.07, 6.45) is 0. The molecule has 0 aliphatic carbocycles. The van der Waals surface area contributed by atoms with E-state index >= 15 is 0 Å². The molecule has 0 aromatic heterocycles. The summed E-state index contributed by atoms with van der Waals surface area (Å²) in [5.74, 6) is 0. The zero-order chi connectivity index (χ0) is 10.4. The van der Waals surface area contributed by atoms with Gasteiger partial charge in [0.05, 0.1) is 22.7 Å². The Bertz CT molecular complexity index is 509. The predicted molar refractivity (Wildman–Crippen MR) is 63.8 cm³/mol. The number of fused-ring (bicyclic) bond motifs is 1. The fourth-order valence-electron chi connectivity index (χ4n) is 1.94. The van der Waals surface area contributed by atoms with Crippen LogP contribution in [0.3, 0.4) is 0 Å². The molecule has 2 aromatic rings. The highest BCUT2D eigenvalue weighted by Crippen LogP contribution is 2.54. The van der Waals surface area contributed by atoms with Crippen LogP contribution in [0.2, 0.25) is 0 Å². The Morgan fingerprint density at radius 2 is 1.60 bits per heavy atom. The lowest BCUT2D eigenvalue weighted by molar-refractivity contribution is 1.42. The third-order valence-electron chi connectivity index (χ3n) is 2.74. The highest BCUT2D eigenvalue weighted by Gasteiger charge is 2.30. The van der Waals surface area contributed by atoms with Crippen molar-refractivity contribution in [3.63, 3.8) is 0 Å². The van der Waals surface area contributed by atoms with Crippen LogP contribution in [0.4, 0.5) is 22.7 Å². The molecule has 0 unspecified atom stereocenters. The summed E-state index contributed by atoms with van der Waals surface area (Å²) in [4.78, 5) is 2.18. The van der Waals surface area contributed by atoms with E-state index in [1.165, 1.54) is 16.9 Å². The highest BCUT2D eigenvalue weighted by molar-refractivity contribution is 6.03. The van der Waals surface area contributed by atoms with Gasteiger partial charge in [-0.15, -0.1) is 0 Å². The monoisotopic (exact) mass is 196 g/mol. The molecule has 1 aliphatic rings. The molecule has 74 valence electrons. The molecule has 0 atom stereocenters. The van der Waals surface area contributed by atoms with Crippen molar-refractivity contribution in [2.75, 3.05) is 10.6 Å². The summed E-state index contributed by atoms with van der Waals surface area (Å²) >= 11 is 0. The third kappa shape index (κ3) is 1.18. The molecule has 2 N–H and O–H groups in total. The van der Waals surface area contributed by atoms with Gasteiger partial charge in [0.15, 0.2) is 0 Å². The van der Waals surface area contributed by atoms with Gasteiger partial charge in [-0.05, 0) is 36.8 Å². The van der Waals surface area contributed by atoms with Crippen LogP contribution in [0.1, 0.15) is 5.56 Å². The van der Waals surface area contributed by atoms with Gasteiger partial charge < -0.3 is 10.6 Å². The standard InChI is InChI=1S/C13H12N2/c1-9-6-7-11(10(14)8-9)15-12-4-2-3-5-13(12)15/h2-8H,14H2,1H3. The van der Waals surface area contributed by atoms with Gasteiger partial charge in [0, 0.05) is 0 Å². The van der Waals surface area contributed by atoms with E-state index < -0.39 is 0 Å². The maximum absolute atomic E-state index is 6.00. The van der Waals surface area contributed by atoms with Crippen molar-refractivity contribution < 1.29 is 0 Å². The van der Waals surface area contributed by atoms with Crippen LogP contribution in [0, 0.1) is 6.92 Å². The van der Waals surface area contributed by atoms with Gasteiger partial charge >= 0.3 is 0 Å². The Morgan fingerprint density at radius 3 is 2.20 bits per heavy atom. The number of nitrogen functional groups attached to an aromatic ring is 1. The van der Waals surface area contributed by atoms with Crippen molar-refractivity contribution in [2.24, 2.45) is 0 Å². The molecule has 1 heterocycles. The number of para-hydroxylation sites is 2. The molecule has 2 nitrogen and oxygen atoms in total. The predicted octanol–water partition coefficient (Wildman–Crippen LogP) is 3.36.